The van der Waals surface area contributed by atoms with Crippen LogP contribution in [0.1, 0.15) is 45.6 Å². The normalized spacial score (nSPS) is 22.6. The molecule has 2 aromatic rings. The van der Waals surface area contributed by atoms with Crippen LogP contribution in [0.5, 0.6) is 0 Å². The molecule has 1 aromatic carbocycles. The lowest BCUT2D eigenvalue weighted by molar-refractivity contribution is -0.135. The molecular formula is C24H30ClFN6O4. The van der Waals surface area contributed by atoms with Gasteiger partial charge in [-0.25, -0.2) is 18.9 Å². The molecule has 12 heteroatoms. The molecule has 194 valence electrons. The Kier molecular flexibility index (Phi) is 7.60. The molecule has 10 nitrogen and oxygen atoms in total. The summed E-state index contributed by atoms with van der Waals surface area (Å²) in [6.07, 6.45) is 2.11. The summed E-state index contributed by atoms with van der Waals surface area (Å²) in [5.74, 6) is -1.18. The van der Waals surface area contributed by atoms with Crippen molar-refractivity contribution in [2.45, 2.75) is 70.4 Å². The number of ether oxygens (including phenoxy) is 1. The minimum atomic E-state index is -1.23. The Bertz CT molecular complexity index is 1120. The van der Waals surface area contributed by atoms with Crippen molar-refractivity contribution in [3.63, 3.8) is 0 Å². The third-order valence-corrected chi connectivity index (χ3v) is 6.40. The number of nitrogens with one attached hydrogen (secondary N) is 1. The monoisotopic (exact) mass is 520 g/mol. The number of halogens is 2. The first-order valence-electron chi connectivity index (χ1n) is 11.9. The van der Waals surface area contributed by atoms with Gasteiger partial charge in [-0.05, 0) is 57.4 Å². The van der Waals surface area contributed by atoms with E-state index in [0.29, 0.717) is 30.1 Å². The van der Waals surface area contributed by atoms with E-state index in [4.69, 9.17) is 16.3 Å². The molecule has 4 rings (SSSR count). The Labute approximate surface area is 213 Å². The highest BCUT2D eigenvalue weighted by Crippen LogP contribution is 2.27. The number of likely N-dealkylation sites (tertiary alicyclic amines) is 2. The van der Waals surface area contributed by atoms with E-state index in [1.807, 2.05) is 0 Å². The van der Waals surface area contributed by atoms with Crippen LogP contribution in [0.2, 0.25) is 5.02 Å². The van der Waals surface area contributed by atoms with E-state index in [1.54, 1.807) is 48.6 Å². The van der Waals surface area contributed by atoms with Gasteiger partial charge in [0.05, 0.1) is 11.7 Å². The molecular weight excluding hydrogens is 491 g/mol. The number of carbonyl (C=O) groups excluding carboxylic acids is 3. The van der Waals surface area contributed by atoms with Gasteiger partial charge in [0.25, 0.3) is 0 Å². The fourth-order valence-electron chi connectivity index (χ4n) is 4.62. The molecule has 2 aliphatic heterocycles. The zero-order valence-corrected chi connectivity index (χ0v) is 21.2. The van der Waals surface area contributed by atoms with Gasteiger partial charge < -0.3 is 4.74 Å². The largest absolute Gasteiger partial charge is 0.444 e. The van der Waals surface area contributed by atoms with Gasteiger partial charge >= 0.3 is 6.09 Å². The Morgan fingerprint density at radius 2 is 1.97 bits per heavy atom. The molecule has 1 aromatic heterocycles. The van der Waals surface area contributed by atoms with E-state index in [0.717, 1.165) is 5.56 Å². The maximum Gasteiger partial charge on any atom is 0.410 e. The molecule has 2 fully saturated rings. The van der Waals surface area contributed by atoms with E-state index in [1.165, 1.54) is 17.6 Å². The van der Waals surface area contributed by atoms with Crippen molar-refractivity contribution in [3.8, 4) is 5.69 Å². The second-order valence-corrected chi connectivity index (χ2v) is 10.5. The fraction of sp³-hybridized carbons (Fsp3) is 0.542. The third kappa shape index (κ3) is 6.01. The number of nitrogens with zero attached hydrogens (tertiary/aromatic N) is 5. The summed E-state index contributed by atoms with van der Waals surface area (Å²) in [4.78, 5) is 45.6. The van der Waals surface area contributed by atoms with Crippen LogP contribution in [-0.2, 0) is 20.9 Å². The predicted octanol–water partition coefficient (Wildman–Crippen LogP) is 2.88. The second kappa shape index (κ2) is 10.5. The average Bonchev–Trinajstić information content (AvgIpc) is 3.53. The first-order chi connectivity index (χ1) is 17.0. The highest BCUT2D eigenvalue weighted by molar-refractivity contribution is 6.30. The molecule has 1 unspecified atom stereocenters. The van der Waals surface area contributed by atoms with E-state index in [2.05, 4.69) is 15.4 Å². The molecule has 2 saturated heterocycles. The number of imide groups is 1. The van der Waals surface area contributed by atoms with Crippen LogP contribution in [0.25, 0.3) is 5.69 Å². The minimum Gasteiger partial charge on any atom is -0.444 e. The van der Waals surface area contributed by atoms with Crippen molar-refractivity contribution in [1.82, 2.24) is 29.9 Å². The van der Waals surface area contributed by atoms with Crippen molar-refractivity contribution in [3.05, 3.63) is 41.4 Å². The van der Waals surface area contributed by atoms with Gasteiger partial charge in [0, 0.05) is 31.1 Å². The number of rotatable bonds is 5. The molecule has 3 atom stereocenters. The van der Waals surface area contributed by atoms with Crippen molar-refractivity contribution >= 4 is 29.5 Å². The topological polar surface area (TPSA) is 110 Å². The van der Waals surface area contributed by atoms with Gasteiger partial charge in [0.1, 0.15) is 30.5 Å². The van der Waals surface area contributed by atoms with Crippen LogP contribution >= 0.6 is 11.6 Å². The summed E-state index contributed by atoms with van der Waals surface area (Å²) < 4.78 is 21.4. The summed E-state index contributed by atoms with van der Waals surface area (Å²) in [5.41, 5.74) is 0.731. The Morgan fingerprint density at radius 1 is 1.22 bits per heavy atom. The molecule has 0 bridgehead atoms. The first kappa shape index (κ1) is 26.0. The number of hydrogen-bond acceptors (Lipinski definition) is 7. The predicted molar refractivity (Wildman–Crippen MR) is 129 cm³/mol. The molecule has 1 N–H and O–H groups in total. The van der Waals surface area contributed by atoms with Gasteiger partial charge in [0.2, 0.25) is 11.8 Å². The van der Waals surface area contributed by atoms with E-state index < -0.39 is 41.8 Å². The molecule has 2 aliphatic rings. The highest BCUT2D eigenvalue weighted by Gasteiger charge is 2.41. The molecule has 3 heterocycles. The Balaban J connectivity index is 1.46. The molecule has 0 spiro atoms. The fourth-order valence-corrected chi connectivity index (χ4v) is 4.81. The van der Waals surface area contributed by atoms with Crippen molar-refractivity contribution in [1.29, 1.82) is 0 Å². The standard InChI is InChI=1S/C24H30ClFN6O4/c1-24(2,3)36-23(35)31-8-4-5-19(31)21(33)29-22(34)20-10-17(26)12-30(20)11-15-9-16(25)6-7-18(15)32-14-27-13-28-32/h6-7,9,13-14,17,19-20H,4-5,8,10-12H2,1-3H3,(H,29,33,34)/t17-,19-,20?/m1/s1. The van der Waals surface area contributed by atoms with Crippen LogP contribution in [0.15, 0.2) is 30.9 Å². The molecule has 0 aliphatic carbocycles. The zero-order valence-electron chi connectivity index (χ0n) is 20.5. The average molecular weight is 521 g/mol. The van der Waals surface area contributed by atoms with Gasteiger partial charge in [-0.3, -0.25) is 24.7 Å². The van der Waals surface area contributed by atoms with Crippen LogP contribution in [0, 0.1) is 0 Å². The molecule has 3 amide bonds. The summed E-state index contributed by atoms with van der Waals surface area (Å²) in [7, 11) is 0. The lowest BCUT2D eigenvalue weighted by Crippen LogP contribution is -2.52. The van der Waals surface area contributed by atoms with Crippen molar-refractivity contribution in [2.24, 2.45) is 0 Å². The summed E-state index contributed by atoms with van der Waals surface area (Å²) >= 11 is 6.21. The van der Waals surface area contributed by atoms with Gasteiger partial charge in [-0.1, -0.05) is 11.6 Å². The Morgan fingerprint density at radius 3 is 2.67 bits per heavy atom. The summed E-state index contributed by atoms with van der Waals surface area (Å²) in [6, 6.07) is 3.56. The van der Waals surface area contributed by atoms with E-state index in [9.17, 15) is 18.8 Å². The smallest absolute Gasteiger partial charge is 0.410 e. The van der Waals surface area contributed by atoms with Crippen LogP contribution in [0.3, 0.4) is 0 Å². The lowest BCUT2D eigenvalue weighted by atomic mass is 10.1. The van der Waals surface area contributed by atoms with Gasteiger partial charge in [0.15, 0.2) is 0 Å². The number of hydrogen-bond donors (Lipinski definition) is 1. The highest BCUT2D eigenvalue weighted by atomic mass is 35.5. The number of alkyl halides is 1. The molecule has 0 saturated carbocycles. The first-order valence-corrected chi connectivity index (χ1v) is 12.3. The number of amides is 3. The SMILES string of the molecule is CC(C)(C)OC(=O)N1CCC[C@@H]1C(=O)NC(=O)C1C[C@@H](F)CN1Cc1cc(Cl)ccc1-n1cncn1. The van der Waals surface area contributed by atoms with E-state index >= 15 is 0 Å². The maximum atomic E-state index is 14.5. The third-order valence-electron chi connectivity index (χ3n) is 6.17. The van der Waals surface area contributed by atoms with Crippen LogP contribution in [0.4, 0.5) is 9.18 Å². The second-order valence-electron chi connectivity index (χ2n) is 10.1. The summed E-state index contributed by atoms with van der Waals surface area (Å²) in [6.45, 7) is 5.85. The van der Waals surface area contributed by atoms with Gasteiger partial charge in [-0.2, -0.15) is 5.10 Å². The number of benzene rings is 1. The minimum absolute atomic E-state index is 0.0308. The zero-order chi connectivity index (χ0) is 26.0. The Hall–Kier alpha value is -3.05. The number of aromatic nitrogens is 3. The lowest BCUT2D eigenvalue weighted by Gasteiger charge is -2.28. The molecule has 36 heavy (non-hydrogen) atoms. The number of carbonyl (C=O) groups is 3. The van der Waals surface area contributed by atoms with Crippen molar-refractivity contribution in [2.75, 3.05) is 13.1 Å². The van der Waals surface area contributed by atoms with Crippen LogP contribution in [-0.4, -0.2) is 79.4 Å². The van der Waals surface area contributed by atoms with E-state index in [-0.39, 0.29) is 19.5 Å². The summed E-state index contributed by atoms with van der Waals surface area (Å²) in [5, 5.41) is 7.05. The molecule has 0 radical (unpaired) electrons. The van der Waals surface area contributed by atoms with Crippen molar-refractivity contribution < 1.29 is 23.5 Å². The van der Waals surface area contributed by atoms with Gasteiger partial charge in [-0.15, -0.1) is 0 Å². The quantitative estimate of drug-likeness (QED) is 0.604. The van der Waals surface area contributed by atoms with Crippen LogP contribution < -0.4 is 5.32 Å². The maximum absolute atomic E-state index is 14.5.